The summed E-state index contributed by atoms with van der Waals surface area (Å²) in [7, 11) is 1.68. The third-order valence-corrected chi connectivity index (χ3v) is 3.74. The number of aromatic hydroxyl groups is 1. The number of phenolic OH excluding ortho intramolecular Hbond substituents is 1. The summed E-state index contributed by atoms with van der Waals surface area (Å²) in [5.74, 6) is 1.15. The van der Waals surface area contributed by atoms with Crippen LogP contribution in [0.15, 0.2) is 54.1 Å². The van der Waals surface area contributed by atoms with E-state index in [1.54, 1.807) is 19.2 Å². The van der Waals surface area contributed by atoms with Crippen molar-refractivity contribution >= 4 is 5.57 Å². The monoisotopic (exact) mass is 282 g/mol. The highest BCUT2D eigenvalue weighted by Gasteiger charge is 2.10. The molecule has 2 heteroatoms. The molecule has 0 saturated carbocycles. The topological polar surface area (TPSA) is 29.5 Å². The molecule has 0 aliphatic carbocycles. The molecule has 0 radical (unpaired) electrons. The lowest BCUT2D eigenvalue weighted by molar-refractivity contribution is 0.415. The maximum atomic E-state index is 9.50. The fourth-order valence-electron chi connectivity index (χ4n) is 2.56. The molecule has 21 heavy (non-hydrogen) atoms. The molecule has 0 aromatic heterocycles. The third-order valence-electron chi connectivity index (χ3n) is 3.74. The minimum absolute atomic E-state index is 0.294. The van der Waals surface area contributed by atoms with Gasteiger partial charge in [0.25, 0.3) is 0 Å². The predicted octanol–water partition coefficient (Wildman–Crippen LogP) is 5.02. The summed E-state index contributed by atoms with van der Waals surface area (Å²) in [6, 6.07) is 15.6. The number of rotatable bonds is 5. The molecule has 2 nitrogen and oxygen atoms in total. The van der Waals surface area contributed by atoms with Crippen LogP contribution in [0.5, 0.6) is 11.5 Å². The molecule has 0 aliphatic heterocycles. The fraction of sp³-hybridized carbons (Fsp3) is 0.263. The molecule has 0 amide bonds. The van der Waals surface area contributed by atoms with Gasteiger partial charge in [0.2, 0.25) is 0 Å². The van der Waals surface area contributed by atoms with Crippen LogP contribution < -0.4 is 4.74 Å². The van der Waals surface area contributed by atoms with E-state index in [-0.39, 0.29) is 0 Å². The minimum Gasteiger partial charge on any atom is -0.508 e. The van der Waals surface area contributed by atoms with Gasteiger partial charge in [-0.2, -0.15) is 0 Å². The van der Waals surface area contributed by atoms with Gasteiger partial charge in [-0.3, -0.25) is 0 Å². The second-order valence-corrected chi connectivity index (χ2v) is 4.96. The summed E-state index contributed by atoms with van der Waals surface area (Å²) < 4.78 is 5.23. The number of ether oxygens (including phenoxy) is 1. The Kier molecular flexibility index (Phi) is 5.04. The van der Waals surface area contributed by atoms with E-state index >= 15 is 0 Å². The van der Waals surface area contributed by atoms with Crippen LogP contribution in [0.2, 0.25) is 0 Å². The van der Waals surface area contributed by atoms with Gasteiger partial charge in [-0.05, 0) is 53.8 Å². The Bertz CT molecular complexity index is 601. The standard InChI is InChI=1S/C19H22O2/c1-4-14(5-2)19(15-6-10-17(20)11-7-15)16-8-12-18(21-3)13-9-16/h6-13,20H,4-5H2,1-3H3. The predicted molar refractivity (Wildman–Crippen MR) is 87.7 cm³/mol. The van der Waals surface area contributed by atoms with Crippen LogP contribution in [0.3, 0.4) is 0 Å². The van der Waals surface area contributed by atoms with Gasteiger partial charge >= 0.3 is 0 Å². The second kappa shape index (κ2) is 6.98. The summed E-state index contributed by atoms with van der Waals surface area (Å²) in [6.45, 7) is 4.37. The maximum absolute atomic E-state index is 9.50. The smallest absolute Gasteiger partial charge is 0.118 e. The number of allylic oxidation sites excluding steroid dienone is 1. The van der Waals surface area contributed by atoms with E-state index in [1.165, 1.54) is 16.7 Å². The van der Waals surface area contributed by atoms with Gasteiger partial charge in [0.15, 0.2) is 0 Å². The summed E-state index contributed by atoms with van der Waals surface area (Å²) >= 11 is 0. The molecule has 0 atom stereocenters. The Morgan fingerprint density at radius 1 is 0.857 bits per heavy atom. The number of benzene rings is 2. The van der Waals surface area contributed by atoms with Crippen LogP contribution in [0.4, 0.5) is 0 Å². The van der Waals surface area contributed by atoms with Crippen LogP contribution in [0, 0.1) is 0 Å². The van der Waals surface area contributed by atoms with Crippen molar-refractivity contribution in [2.24, 2.45) is 0 Å². The van der Waals surface area contributed by atoms with Crippen molar-refractivity contribution in [3.05, 3.63) is 65.2 Å². The average molecular weight is 282 g/mol. The Balaban J connectivity index is 2.55. The molecule has 110 valence electrons. The van der Waals surface area contributed by atoms with Crippen LogP contribution in [-0.2, 0) is 0 Å². The van der Waals surface area contributed by atoms with Crippen molar-refractivity contribution in [3.63, 3.8) is 0 Å². The molecule has 0 unspecified atom stereocenters. The number of hydrogen-bond acceptors (Lipinski definition) is 2. The molecule has 2 rings (SSSR count). The number of methoxy groups -OCH3 is 1. The number of phenols is 1. The first-order valence-electron chi connectivity index (χ1n) is 7.35. The number of hydrogen-bond donors (Lipinski definition) is 1. The first-order valence-corrected chi connectivity index (χ1v) is 7.35. The molecule has 2 aromatic carbocycles. The van der Waals surface area contributed by atoms with Crippen molar-refractivity contribution in [2.45, 2.75) is 26.7 Å². The molecule has 1 N–H and O–H groups in total. The maximum Gasteiger partial charge on any atom is 0.118 e. The van der Waals surface area contributed by atoms with E-state index < -0.39 is 0 Å². The Labute approximate surface area is 126 Å². The third kappa shape index (κ3) is 3.46. The van der Waals surface area contributed by atoms with Gasteiger partial charge in [0.1, 0.15) is 11.5 Å². The van der Waals surface area contributed by atoms with Gasteiger partial charge < -0.3 is 9.84 Å². The fourth-order valence-corrected chi connectivity index (χ4v) is 2.56. The van der Waals surface area contributed by atoms with Crippen molar-refractivity contribution in [1.82, 2.24) is 0 Å². The van der Waals surface area contributed by atoms with Gasteiger partial charge in [-0.15, -0.1) is 0 Å². The molecule has 0 saturated heterocycles. The zero-order valence-electron chi connectivity index (χ0n) is 12.9. The van der Waals surface area contributed by atoms with E-state index in [0.29, 0.717) is 5.75 Å². The summed E-state index contributed by atoms with van der Waals surface area (Å²) in [6.07, 6.45) is 2.03. The largest absolute Gasteiger partial charge is 0.508 e. The summed E-state index contributed by atoms with van der Waals surface area (Å²) in [4.78, 5) is 0. The molecular formula is C19H22O2. The van der Waals surface area contributed by atoms with Crippen molar-refractivity contribution in [1.29, 1.82) is 0 Å². The summed E-state index contributed by atoms with van der Waals surface area (Å²) in [5.41, 5.74) is 4.98. The highest BCUT2D eigenvalue weighted by Crippen LogP contribution is 2.31. The summed E-state index contributed by atoms with van der Waals surface area (Å²) in [5, 5.41) is 9.50. The minimum atomic E-state index is 0.294. The quantitative estimate of drug-likeness (QED) is 0.834. The van der Waals surface area contributed by atoms with Gasteiger partial charge in [-0.25, -0.2) is 0 Å². The highest BCUT2D eigenvalue weighted by atomic mass is 16.5. The molecule has 0 fully saturated rings. The van der Waals surface area contributed by atoms with Crippen LogP contribution >= 0.6 is 0 Å². The molecule has 0 spiro atoms. The SMILES string of the molecule is CCC(CC)=C(c1ccc(O)cc1)c1ccc(OC)cc1. The lowest BCUT2D eigenvalue weighted by Gasteiger charge is -2.15. The van der Waals surface area contributed by atoms with Crippen LogP contribution in [0.25, 0.3) is 5.57 Å². The Hall–Kier alpha value is -2.22. The Morgan fingerprint density at radius 2 is 1.33 bits per heavy atom. The lowest BCUT2D eigenvalue weighted by Crippen LogP contribution is -1.94. The molecule has 0 heterocycles. The van der Waals surface area contributed by atoms with Gasteiger partial charge in [0.05, 0.1) is 7.11 Å². The molecule has 0 aliphatic rings. The first-order chi connectivity index (χ1) is 10.2. The van der Waals surface area contributed by atoms with Crippen molar-refractivity contribution < 1.29 is 9.84 Å². The van der Waals surface area contributed by atoms with Gasteiger partial charge in [-0.1, -0.05) is 43.7 Å². The van der Waals surface area contributed by atoms with E-state index in [4.69, 9.17) is 4.74 Å². The average Bonchev–Trinajstić information content (AvgIpc) is 2.54. The highest BCUT2D eigenvalue weighted by molar-refractivity contribution is 5.82. The van der Waals surface area contributed by atoms with Gasteiger partial charge in [0, 0.05) is 0 Å². The normalized spacial score (nSPS) is 10.2. The van der Waals surface area contributed by atoms with E-state index in [0.717, 1.165) is 24.2 Å². The van der Waals surface area contributed by atoms with Crippen LogP contribution in [0.1, 0.15) is 37.8 Å². The molecule has 0 bridgehead atoms. The van der Waals surface area contributed by atoms with E-state index in [9.17, 15) is 5.11 Å². The zero-order chi connectivity index (χ0) is 15.2. The van der Waals surface area contributed by atoms with Crippen LogP contribution in [-0.4, -0.2) is 12.2 Å². The second-order valence-electron chi connectivity index (χ2n) is 4.96. The first kappa shape index (κ1) is 15.2. The van der Waals surface area contributed by atoms with E-state index in [2.05, 4.69) is 26.0 Å². The lowest BCUT2D eigenvalue weighted by atomic mass is 9.90. The molecule has 2 aromatic rings. The Morgan fingerprint density at radius 3 is 1.76 bits per heavy atom. The van der Waals surface area contributed by atoms with E-state index in [1.807, 2.05) is 24.3 Å². The van der Waals surface area contributed by atoms with Crippen molar-refractivity contribution in [3.8, 4) is 11.5 Å². The van der Waals surface area contributed by atoms with Crippen molar-refractivity contribution in [2.75, 3.05) is 7.11 Å². The zero-order valence-corrected chi connectivity index (χ0v) is 12.9. The molecular weight excluding hydrogens is 260 g/mol.